The quantitative estimate of drug-likeness (QED) is 0.860. The van der Waals surface area contributed by atoms with Crippen molar-refractivity contribution in [3.05, 3.63) is 41.6 Å². The van der Waals surface area contributed by atoms with Crippen molar-refractivity contribution in [2.24, 2.45) is 11.8 Å². The van der Waals surface area contributed by atoms with Gasteiger partial charge in [0, 0.05) is 36.6 Å². The number of benzene rings is 1. The van der Waals surface area contributed by atoms with Gasteiger partial charge in [0.05, 0.1) is 11.1 Å². The van der Waals surface area contributed by atoms with Crippen molar-refractivity contribution in [1.82, 2.24) is 15.2 Å². The Bertz CT molecular complexity index is 797. The van der Waals surface area contributed by atoms with Gasteiger partial charge in [0.15, 0.2) is 0 Å². The number of carbonyl (C=O) groups is 1. The van der Waals surface area contributed by atoms with Crippen LogP contribution in [0.25, 0.3) is 10.9 Å². The maximum atomic E-state index is 12.8. The molecule has 0 unspecified atom stereocenters. The number of likely N-dealkylation sites (tertiary alicyclic amines) is 1. The summed E-state index contributed by atoms with van der Waals surface area (Å²) in [5.74, 6) is 1.83. The Morgan fingerprint density at radius 2 is 2.08 bits per heavy atom. The summed E-state index contributed by atoms with van der Waals surface area (Å²) in [6.45, 7) is 8.40. The van der Waals surface area contributed by atoms with Crippen molar-refractivity contribution in [2.45, 2.75) is 39.0 Å². The Hall–Kier alpha value is -1.94. The SMILES string of the molecule is CC(C)CNC(=O)c1cc([C@H]2CCN(CC3CC3)C2)nc2ccccc12. The van der Waals surface area contributed by atoms with Crippen LogP contribution >= 0.6 is 0 Å². The van der Waals surface area contributed by atoms with Gasteiger partial charge in [-0.1, -0.05) is 32.0 Å². The van der Waals surface area contributed by atoms with E-state index >= 15 is 0 Å². The predicted octanol–water partition coefficient (Wildman–Crippen LogP) is 3.82. The third kappa shape index (κ3) is 3.90. The molecule has 1 amide bonds. The summed E-state index contributed by atoms with van der Waals surface area (Å²) in [6.07, 6.45) is 3.94. The molecular weight excluding hydrogens is 322 g/mol. The summed E-state index contributed by atoms with van der Waals surface area (Å²) in [4.78, 5) is 20.3. The van der Waals surface area contributed by atoms with Crippen LogP contribution in [0.5, 0.6) is 0 Å². The van der Waals surface area contributed by atoms with E-state index in [1.54, 1.807) is 0 Å². The average Bonchev–Trinajstić information content (AvgIpc) is 3.33. The van der Waals surface area contributed by atoms with Gasteiger partial charge in [0.25, 0.3) is 5.91 Å². The number of para-hydroxylation sites is 1. The Morgan fingerprint density at radius 1 is 1.27 bits per heavy atom. The van der Waals surface area contributed by atoms with Crippen molar-refractivity contribution >= 4 is 16.8 Å². The molecule has 1 aromatic carbocycles. The smallest absolute Gasteiger partial charge is 0.252 e. The number of pyridine rings is 1. The monoisotopic (exact) mass is 351 g/mol. The topological polar surface area (TPSA) is 45.2 Å². The van der Waals surface area contributed by atoms with Gasteiger partial charge in [-0.3, -0.25) is 9.78 Å². The summed E-state index contributed by atoms with van der Waals surface area (Å²) in [5, 5.41) is 4.02. The molecule has 1 N–H and O–H groups in total. The molecule has 1 aliphatic carbocycles. The molecule has 1 aliphatic heterocycles. The third-order valence-corrected chi connectivity index (χ3v) is 5.56. The van der Waals surface area contributed by atoms with Crippen LogP contribution in [0.1, 0.15) is 55.1 Å². The van der Waals surface area contributed by atoms with Gasteiger partial charge in [0.1, 0.15) is 0 Å². The van der Waals surface area contributed by atoms with Gasteiger partial charge in [-0.25, -0.2) is 0 Å². The van der Waals surface area contributed by atoms with E-state index in [2.05, 4.69) is 24.1 Å². The Labute approximate surface area is 156 Å². The van der Waals surface area contributed by atoms with Gasteiger partial charge < -0.3 is 10.2 Å². The van der Waals surface area contributed by atoms with E-state index < -0.39 is 0 Å². The highest BCUT2D eigenvalue weighted by atomic mass is 16.1. The number of nitrogens with zero attached hydrogens (tertiary/aromatic N) is 2. The molecule has 1 saturated heterocycles. The summed E-state index contributed by atoms with van der Waals surface area (Å²) in [7, 11) is 0. The van der Waals surface area contributed by atoms with Crippen LogP contribution in [-0.4, -0.2) is 42.0 Å². The van der Waals surface area contributed by atoms with Crippen LogP contribution in [0.2, 0.25) is 0 Å². The first-order chi connectivity index (χ1) is 12.6. The Kier molecular flexibility index (Phi) is 4.94. The molecule has 4 rings (SSSR count). The zero-order valence-corrected chi connectivity index (χ0v) is 15.9. The molecule has 2 fully saturated rings. The minimum atomic E-state index is 0.0198. The average molecular weight is 351 g/mol. The van der Waals surface area contributed by atoms with Crippen molar-refractivity contribution in [3.63, 3.8) is 0 Å². The lowest BCUT2D eigenvalue weighted by Crippen LogP contribution is -2.28. The molecule has 2 aliphatic rings. The van der Waals surface area contributed by atoms with Crippen LogP contribution < -0.4 is 5.32 Å². The summed E-state index contributed by atoms with van der Waals surface area (Å²) < 4.78 is 0. The second kappa shape index (κ2) is 7.36. The van der Waals surface area contributed by atoms with E-state index in [1.165, 1.54) is 19.4 Å². The highest BCUT2D eigenvalue weighted by Crippen LogP contribution is 2.34. The fourth-order valence-corrected chi connectivity index (χ4v) is 3.89. The van der Waals surface area contributed by atoms with Crippen LogP contribution in [-0.2, 0) is 0 Å². The lowest BCUT2D eigenvalue weighted by molar-refractivity contribution is 0.0950. The minimum absolute atomic E-state index is 0.0198. The van der Waals surface area contributed by atoms with Gasteiger partial charge >= 0.3 is 0 Å². The van der Waals surface area contributed by atoms with Crippen molar-refractivity contribution in [2.75, 3.05) is 26.2 Å². The van der Waals surface area contributed by atoms with Crippen molar-refractivity contribution < 1.29 is 4.79 Å². The summed E-state index contributed by atoms with van der Waals surface area (Å²) >= 11 is 0. The number of hydrogen-bond donors (Lipinski definition) is 1. The predicted molar refractivity (Wildman–Crippen MR) is 105 cm³/mol. The normalized spacial score (nSPS) is 20.8. The summed E-state index contributed by atoms with van der Waals surface area (Å²) in [5.41, 5.74) is 2.78. The minimum Gasteiger partial charge on any atom is -0.352 e. The fraction of sp³-hybridized carbons (Fsp3) is 0.545. The van der Waals surface area contributed by atoms with Gasteiger partial charge in [-0.2, -0.15) is 0 Å². The molecular formula is C22H29N3O. The largest absolute Gasteiger partial charge is 0.352 e. The second-order valence-electron chi connectivity index (χ2n) is 8.40. The first-order valence-electron chi connectivity index (χ1n) is 10.0. The fourth-order valence-electron chi connectivity index (χ4n) is 3.89. The molecule has 1 aromatic heterocycles. The Morgan fingerprint density at radius 3 is 2.85 bits per heavy atom. The Balaban J connectivity index is 1.60. The first kappa shape index (κ1) is 17.5. The number of nitrogens with one attached hydrogen (secondary N) is 1. The standard InChI is InChI=1S/C22H29N3O/c1-15(2)12-23-22(26)19-11-21(24-20-6-4-3-5-18(19)20)17-9-10-25(14-17)13-16-7-8-16/h3-6,11,15-17H,7-10,12-14H2,1-2H3,(H,23,26)/t17-/m0/s1. The van der Waals surface area contributed by atoms with Crippen LogP contribution in [0.15, 0.2) is 30.3 Å². The molecule has 138 valence electrons. The lowest BCUT2D eigenvalue weighted by Gasteiger charge is -2.17. The van der Waals surface area contributed by atoms with Crippen LogP contribution in [0.3, 0.4) is 0 Å². The van der Waals surface area contributed by atoms with E-state index in [-0.39, 0.29) is 5.91 Å². The number of hydrogen-bond acceptors (Lipinski definition) is 3. The molecule has 2 aromatic rings. The van der Waals surface area contributed by atoms with E-state index in [0.717, 1.165) is 47.6 Å². The van der Waals surface area contributed by atoms with Gasteiger partial charge in [-0.15, -0.1) is 0 Å². The third-order valence-electron chi connectivity index (χ3n) is 5.56. The molecule has 0 radical (unpaired) electrons. The van der Waals surface area contributed by atoms with Crippen LogP contribution in [0, 0.1) is 11.8 Å². The van der Waals surface area contributed by atoms with Gasteiger partial charge in [0.2, 0.25) is 0 Å². The highest BCUT2D eigenvalue weighted by Gasteiger charge is 2.31. The maximum Gasteiger partial charge on any atom is 0.252 e. The van der Waals surface area contributed by atoms with E-state index in [0.29, 0.717) is 18.4 Å². The van der Waals surface area contributed by atoms with E-state index in [1.807, 2.05) is 30.3 Å². The molecule has 4 heteroatoms. The highest BCUT2D eigenvalue weighted by molar-refractivity contribution is 6.06. The molecule has 1 atom stereocenters. The number of fused-ring (bicyclic) bond motifs is 1. The summed E-state index contributed by atoms with van der Waals surface area (Å²) in [6, 6.07) is 10.1. The zero-order chi connectivity index (χ0) is 18.1. The lowest BCUT2D eigenvalue weighted by atomic mass is 9.99. The van der Waals surface area contributed by atoms with E-state index in [4.69, 9.17) is 4.98 Å². The van der Waals surface area contributed by atoms with Crippen molar-refractivity contribution in [1.29, 1.82) is 0 Å². The molecule has 0 bridgehead atoms. The molecule has 2 heterocycles. The van der Waals surface area contributed by atoms with Crippen LogP contribution in [0.4, 0.5) is 0 Å². The first-order valence-corrected chi connectivity index (χ1v) is 10.0. The number of amides is 1. The molecule has 1 saturated carbocycles. The number of rotatable bonds is 6. The zero-order valence-electron chi connectivity index (χ0n) is 15.9. The second-order valence-corrected chi connectivity index (χ2v) is 8.40. The molecule has 26 heavy (non-hydrogen) atoms. The van der Waals surface area contributed by atoms with Crippen molar-refractivity contribution in [3.8, 4) is 0 Å². The molecule has 4 nitrogen and oxygen atoms in total. The van der Waals surface area contributed by atoms with E-state index in [9.17, 15) is 4.79 Å². The maximum absolute atomic E-state index is 12.8. The number of aromatic nitrogens is 1. The number of carbonyl (C=O) groups excluding carboxylic acids is 1. The molecule has 0 spiro atoms. The van der Waals surface area contributed by atoms with Gasteiger partial charge in [-0.05, 0) is 49.8 Å².